The number of hydrogen-bond acceptors (Lipinski definition) is 8. The molecule has 8 heteroatoms. The molecule has 0 saturated carbocycles. The van der Waals surface area contributed by atoms with E-state index in [-0.39, 0.29) is 0 Å². The highest BCUT2D eigenvalue weighted by molar-refractivity contribution is 7.98. The van der Waals surface area contributed by atoms with Crippen LogP contribution >= 0.6 is 23.1 Å². The van der Waals surface area contributed by atoms with Crippen LogP contribution in [0.1, 0.15) is 5.89 Å². The Kier molecular flexibility index (Phi) is 3.91. The number of nitrogens with zero attached hydrogens (tertiary/aromatic N) is 4. The molecule has 3 aromatic heterocycles. The van der Waals surface area contributed by atoms with Gasteiger partial charge in [0.1, 0.15) is 0 Å². The second-order valence-corrected chi connectivity index (χ2v) is 6.39. The molecule has 4 rings (SSSR count). The first-order chi connectivity index (χ1) is 11.4. The number of rotatable bonds is 5. The van der Waals surface area contributed by atoms with E-state index in [9.17, 15) is 0 Å². The highest BCUT2D eigenvalue weighted by Gasteiger charge is 2.13. The third-order valence-corrected chi connectivity index (χ3v) is 4.62. The monoisotopic (exact) mass is 342 g/mol. The molecule has 0 bridgehead atoms. The minimum absolute atomic E-state index is 0.472. The Morgan fingerprint density at radius 3 is 2.78 bits per heavy atom. The van der Waals surface area contributed by atoms with E-state index in [1.807, 2.05) is 47.8 Å². The van der Waals surface area contributed by atoms with E-state index in [1.54, 1.807) is 11.3 Å². The average Bonchev–Trinajstić information content (AvgIpc) is 3.33. The maximum atomic E-state index is 5.62. The average molecular weight is 342 g/mol. The molecule has 0 fully saturated rings. The van der Waals surface area contributed by atoms with Crippen LogP contribution in [0.5, 0.6) is 0 Å². The molecular formula is C15H10N4O2S2. The van der Waals surface area contributed by atoms with Gasteiger partial charge in [-0.2, -0.15) is 4.98 Å². The molecule has 3 heterocycles. The molecule has 0 aliphatic rings. The third kappa shape index (κ3) is 3.17. The van der Waals surface area contributed by atoms with Crippen molar-refractivity contribution in [2.24, 2.45) is 0 Å². The van der Waals surface area contributed by atoms with Crippen LogP contribution in [0.4, 0.5) is 0 Å². The smallest absolute Gasteiger partial charge is 0.277 e. The predicted octanol–water partition coefficient (Wildman–Crippen LogP) is 4.14. The lowest BCUT2D eigenvalue weighted by molar-refractivity contribution is 0.391. The van der Waals surface area contributed by atoms with Gasteiger partial charge >= 0.3 is 0 Å². The molecule has 0 aliphatic carbocycles. The fourth-order valence-electron chi connectivity index (χ4n) is 1.91. The number of thioether (sulfide) groups is 1. The van der Waals surface area contributed by atoms with Crippen LogP contribution in [0.2, 0.25) is 0 Å². The van der Waals surface area contributed by atoms with Crippen LogP contribution < -0.4 is 0 Å². The summed E-state index contributed by atoms with van der Waals surface area (Å²) in [6.07, 6.45) is 0. The molecule has 0 aliphatic heterocycles. The van der Waals surface area contributed by atoms with E-state index in [4.69, 9.17) is 8.94 Å². The van der Waals surface area contributed by atoms with Crippen LogP contribution in [-0.4, -0.2) is 20.3 Å². The summed E-state index contributed by atoms with van der Waals surface area (Å²) in [5, 5.41) is 14.5. The number of benzene rings is 1. The summed E-state index contributed by atoms with van der Waals surface area (Å²) < 4.78 is 10.9. The van der Waals surface area contributed by atoms with E-state index in [1.165, 1.54) is 11.8 Å². The van der Waals surface area contributed by atoms with Crippen LogP contribution in [0.3, 0.4) is 0 Å². The Balaban J connectivity index is 1.43. The Bertz CT molecular complexity index is 887. The molecule has 114 valence electrons. The summed E-state index contributed by atoms with van der Waals surface area (Å²) in [4.78, 5) is 5.34. The van der Waals surface area contributed by atoms with E-state index >= 15 is 0 Å². The van der Waals surface area contributed by atoms with Crippen molar-refractivity contribution in [2.75, 3.05) is 0 Å². The minimum Gasteiger partial charge on any atom is -0.411 e. The molecule has 0 radical (unpaired) electrons. The van der Waals surface area contributed by atoms with Gasteiger partial charge in [-0.05, 0) is 23.6 Å². The second kappa shape index (κ2) is 6.35. The predicted molar refractivity (Wildman–Crippen MR) is 86.9 cm³/mol. The topological polar surface area (TPSA) is 77.8 Å². The first kappa shape index (κ1) is 14.2. The van der Waals surface area contributed by atoms with E-state index in [2.05, 4.69) is 20.3 Å². The summed E-state index contributed by atoms with van der Waals surface area (Å²) in [5.41, 5.74) is 0.893. The quantitative estimate of drug-likeness (QED) is 0.504. The first-order valence-electron chi connectivity index (χ1n) is 6.77. The van der Waals surface area contributed by atoms with Gasteiger partial charge < -0.3 is 8.94 Å². The normalized spacial score (nSPS) is 11.0. The molecule has 0 unspecified atom stereocenters. The van der Waals surface area contributed by atoms with Gasteiger partial charge in [0.2, 0.25) is 17.6 Å². The van der Waals surface area contributed by atoms with Crippen molar-refractivity contribution >= 4 is 23.1 Å². The van der Waals surface area contributed by atoms with Gasteiger partial charge in [-0.15, -0.1) is 21.5 Å². The van der Waals surface area contributed by atoms with Crippen molar-refractivity contribution < 1.29 is 8.94 Å². The molecule has 23 heavy (non-hydrogen) atoms. The van der Waals surface area contributed by atoms with E-state index in [0.29, 0.717) is 28.6 Å². The Labute approximate surface area is 139 Å². The summed E-state index contributed by atoms with van der Waals surface area (Å²) >= 11 is 2.94. The number of hydrogen-bond donors (Lipinski definition) is 0. The fraction of sp³-hybridized carbons (Fsp3) is 0.0667. The lowest BCUT2D eigenvalue weighted by atomic mass is 10.2. The van der Waals surface area contributed by atoms with Crippen molar-refractivity contribution in [3.63, 3.8) is 0 Å². The molecule has 1 aromatic carbocycles. The molecule has 0 amide bonds. The van der Waals surface area contributed by atoms with Crippen molar-refractivity contribution in [2.45, 2.75) is 11.0 Å². The number of thiophene rings is 1. The lowest BCUT2D eigenvalue weighted by Crippen LogP contribution is -1.81. The molecule has 0 N–H and O–H groups in total. The minimum atomic E-state index is 0.472. The molecule has 0 atom stereocenters. The molecule has 6 nitrogen and oxygen atoms in total. The van der Waals surface area contributed by atoms with Gasteiger partial charge in [-0.3, -0.25) is 0 Å². The SMILES string of the molecule is c1ccc(-c2nnc(SCc3nc(-c4cccs4)no3)o2)cc1. The summed E-state index contributed by atoms with van der Waals surface area (Å²) in [5.74, 6) is 2.11. The fourth-order valence-corrected chi connectivity index (χ4v) is 3.16. The van der Waals surface area contributed by atoms with Crippen LogP contribution in [0, 0.1) is 0 Å². The molecule has 0 saturated heterocycles. The van der Waals surface area contributed by atoms with Crippen molar-refractivity contribution in [3.8, 4) is 22.2 Å². The van der Waals surface area contributed by atoms with Crippen LogP contribution in [-0.2, 0) is 5.75 Å². The zero-order valence-electron chi connectivity index (χ0n) is 11.7. The molecule has 4 aromatic rings. The van der Waals surface area contributed by atoms with Crippen molar-refractivity contribution in [1.82, 2.24) is 20.3 Å². The van der Waals surface area contributed by atoms with Crippen LogP contribution in [0.25, 0.3) is 22.2 Å². The Hall–Kier alpha value is -2.45. The van der Waals surface area contributed by atoms with Gasteiger partial charge in [-0.1, -0.05) is 41.2 Å². The van der Waals surface area contributed by atoms with Gasteiger partial charge in [0.25, 0.3) is 5.22 Å². The maximum Gasteiger partial charge on any atom is 0.277 e. The van der Waals surface area contributed by atoms with Gasteiger partial charge in [0, 0.05) is 5.56 Å². The van der Waals surface area contributed by atoms with Gasteiger partial charge in [0.05, 0.1) is 10.6 Å². The van der Waals surface area contributed by atoms with Crippen LogP contribution in [0.15, 0.2) is 62.0 Å². The summed E-state index contributed by atoms with van der Waals surface area (Å²) in [7, 11) is 0. The first-order valence-corrected chi connectivity index (χ1v) is 8.63. The zero-order valence-corrected chi connectivity index (χ0v) is 13.4. The highest BCUT2D eigenvalue weighted by Crippen LogP contribution is 2.26. The van der Waals surface area contributed by atoms with Gasteiger partial charge in [0.15, 0.2) is 0 Å². The highest BCUT2D eigenvalue weighted by atomic mass is 32.2. The molecular weight excluding hydrogens is 332 g/mol. The lowest BCUT2D eigenvalue weighted by Gasteiger charge is -1.92. The van der Waals surface area contributed by atoms with E-state index in [0.717, 1.165) is 10.4 Å². The maximum absolute atomic E-state index is 5.62. The van der Waals surface area contributed by atoms with Gasteiger partial charge in [-0.25, -0.2) is 0 Å². The summed E-state index contributed by atoms with van der Waals surface area (Å²) in [6, 6.07) is 13.6. The summed E-state index contributed by atoms with van der Waals surface area (Å²) in [6.45, 7) is 0. The Morgan fingerprint density at radius 2 is 1.96 bits per heavy atom. The second-order valence-electron chi connectivity index (χ2n) is 4.52. The molecule has 0 spiro atoms. The zero-order chi connectivity index (χ0) is 15.5. The Morgan fingerprint density at radius 1 is 1.04 bits per heavy atom. The number of aromatic nitrogens is 4. The largest absolute Gasteiger partial charge is 0.411 e. The van der Waals surface area contributed by atoms with E-state index < -0.39 is 0 Å². The standard InChI is InChI=1S/C15H10N4O2S2/c1-2-5-10(6-3-1)14-17-18-15(20-14)23-9-12-16-13(19-21-12)11-7-4-8-22-11/h1-8H,9H2. The third-order valence-electron chi connectivity index (χ3n) is 2.96. The van der Waals surface area contributed by atoms with Crippen molar-refractivity contribution in [3.05, 3.63) is 53.7 Å². The van der Waals surface area contributed by atoms with Crippen molar-refractivity contribution in [1.29, 1.82) is 0 Å².